The van der Waals surface area contributed by atoms with Crippen LogP contribution >= 0.6 is 23.2 Å². The molecule has 10 heteroatoms. The molecule has 6 rings (SSSR count). The number of amides is 3. The van der Waals surface area contributed by atoms with Crippen LogP contribution in [-0.4, -0.2) is 53.7 Å². The van der Waals surface area contributed by atoms with Crippen LogP contribution in [0.4, 0.5) is 0 Å². The molecule has 2 aliphatic rings. The predicted molar refractivity (Wildman–Crippen MR) is 176 cm³/mol. The number of hydrogen-bond acceptors (Lipinski definition) is 5. The fourth-order valence-electron chi connectivity index (χ4n) is 5.74. The summed E-state index contributed by atoms with van der Waals surface area (Å²) in [6, 6.07) is 21.9. The molecule has 0 aliphatic carbocycles. The molecule has 1 aromatic heterocycles. The Bertz CT molecular complexity index is 1730. The smallest absolute Gasteiger partial charge is 0.287 e. The number of aryl methyl sites for hydroxylation is 1. The highest BCUT2D eigenvalue weighted by molar-refractivity contribution is 6.34. The summed E-state index contributed by atoms with van der Waals surface area (Å²) in [6.07, 6.45) is 3.16. The normalized spacial score (nSPS) is 15.1. The first-order valence-electron chi connectivity index (χ1n) is 15.1. The second-order valence-electron chi connectivity index (χ2n) is 11.3. The van der Waals surface area contributed by atoms with Crippen molar-refractivity contribution >= 4 is 51.9 Å². The van der Waals surface area contributed by atoms with Gasteiger partial charge in [-0.15, -0.1) is 0 Å². The number of halogens is 2. The molecule has 0 bridgehead atoms. The lowest BCUT2D eigenvalue weighted by molar-refractivity contribution is -0.131. The molecule has 3 heterocycles. The van der Waals surface area contributed by atoms with Gasteiger partial charge < -0.3 is 19.5 Å². The summed E-state index contributed by atoms with van der Waals surface area (Å²) in [5.41, 5.74) is 3.43. The summed E-state index contributed by atoms with van der Waals surface area (Å²) >= 11 is 11.7. The standard InChI is InChI=1S/C28H28ClN3O5.C7H7Cl/c29-22-8-3-7-21-23(33)15-24(37-27(21)22)28(36)30-16-26(35)31-13-10-18(11-14-31)20-6-2-1-5-19(20)17-32-12-4-9-25(32)34;1-6-2-4-7(8)5-3-6/h1-3,5-8,15,18H,4,9-14,16-17H2,(H,30,36);2-5H,1H3. The summed E-state index contributed by atoms with van der Waals surface area (Å²) in [7, 11) is 0. The first kappa shape index (κ1) is 32.3. The number of nitrogens with zero attached hydrogens (tertiary/aromatic N) is 2. The van der Waals surface area contributed by atoms with E-state index < -0.39 is 5.91 Å². The molecule has 45 heavy (non-hydrogen) atoms. The average Bonchev–Trinajstić information content (AvgIpc) is 3.46. The number of rotatable bonds is 6. The number of para-hydroxylation sites is 1. The predicted octanol–water partition coefficient (Wildman–Crippen LogP) is 6.35. The van der Waals surface area contributed by atoms with Gasteiger partial charge in [0.15, 0.2) is 16.8 Å². The summed E-state index contributed by atoms with van der Waals surface area (Å²) in [6.45, 7) is 4.45. The Balaban J connectivity index is 0.000000436. The molecule has 2 saturated heterocycles. The number of hydrogen-bond donors (Lipinski definition) is 1. The molecule has 3 amide bonds. The minimum atomic E-state index is -0.646. The molecule has 0 radical (unpaired) electrons. The highest BCUT2D eigenvalue weighted by Crippen LogP contribution is 2.31. The van der Waals surface area contributed by atoms with Crippen LogP contribution in [-0.2, 0) is 16.1 Å². The SMILES string of the molecule is Cc1ccc(Cl)cc1.O=C(NCC(=O)N1CCC(c2ccccc2CN2CCCC2=O)CC1)c1cc(=O)c2cccc(Cl)c2o1. The maximum Gasteiger partial charge on any atom is 0.287 e. The van der Waals surface area contributed by atoms with E-state index >= 15 is 0 Å². The number of benzene rings is 3. The van der Waals surface area contributed by atoms with Crippen LogP contribution in [0.25, 0.3) is 11.0 Å². The zero-order valence-corrected chi connectivity index (χ0v) is 26.6. The van der Waals surface area contributed by atoms with Gasteiger partial charge in [-0.25, -0.2) is 0 Å². The van der Waals surface area contributed by atoms with Crippen molar-refractivity contribution in [3.05, 3.63) is 116 Å². The van der Waals surface area contributed by atoms with Gasteiger partial charge in [0.1, 0.15) is 0 Å². The van der Waals surface area contributed by atoms with E-state index in [1.165, 1.54) is 16.7 Å². The molecule has 0 spiro atoms. The number of nitrogens with one attached hydrogen (secondary N) is 1. The lowest BCUT2D eigenvalue weighted by Gasteiger charge is -2.33. The Morgan fingerprint density at radius 2 is 1.67 bits per heavy atom. The molecule has 0 atom stereocenters. The number of likely N-dealkylation sites (tertiary alicyclic amines) is 2. The Morgan fingerprint density at radius 1 is 0.933 bits per heavy atom. The molecule has 2 aliphatic heterocycles. The van der Waals surface area contributed by atoms with Crippen molar-refractivity contribution < 1.29 is 18.8 Å². The van der Waals surface area contributed by atoms with Crippen molar-refractivity contribution in [1.82, 2.24) is 15.1 Å². The van der Waals surface area contributed by atoms with E-state index in [2.05, 4.69) is 17.4 Å². The van der Waals surface area contributed by atoms with Crippen molar-refractivity contribution in [2.24, 2.45) is 0 Å². The molecule has 0 saturated carbocycles. The zero-order chi connectivity index (χ0) is 31.9. The maximum atomic E-state index is 12.8. The van der Waals surface area contributed by atoms with Crippen LogP contribution in [0.1, 0.15) is 58.8 Å². The monoisotopic (exact) mass is 647 g/mol. The van der Waals surface area contributed by atoms with Crippen LogP contribution in [0.2, 0.25) is 10.0 Å². The zero-order valence-electron chi connectivity index (χ0n) is 25.1. The van der Waals surface area contributed by atoms with Crippen LogP contribution in [0.3, 0.4) is 0 Å². The fourth-order valence-corrected chi connectivity index (χ4v) is 6.08. The van der Waals surface area contributed by atoms with Gasteiger partial charge in [-0.1, -0.05) is 71.2 Å². The minimum Gasteiger partial charge on any atom is -0.449 e. The molecule has 4 aromatic rings. The first-order chi connectivity index (χ1) is 21.7. The summed E-state index contributed by atoms with van der Waals surface area (Å²) < 4.78 is 5.55. The summed E-state index contributed by atoms with van der Waals surface area (Å²) in [4.78, 5) is 53.5. The van der Waals surface area contributed by atoms with E-state index in [0.717, 1.165) is 36.9 Å². The van der Waals surface area contributed by atoms with Crippen LogP contribution in [0, 0.1) is 6.92 Å². The lowest BCUT2D eigenvalue weighted by Crippen LogP contribution is -2.44. The fraction of sp³-hybridized carbons (Fsp3) is 0.314. The number of carbonyl (C=O) groups excluding carboxylic acids is 3. The van der Waals surface area contributed by atoms with Crippen molar-refractivity contribution in [3.63, 3.8) is 0 Å². The third kappa shape index (κ3) is 8.12. The number of fused-ring (bicyclic) bond motifs is 1. The third-order valence-corrected chi connectivity index (χ3v) is 8.77. The van der Waals surface area contributed by atoms with Crippen LogP contribution in [0.15, 0.2) is 82.0 Å². The van der Waals surface area contributed by atoms with Crippen molar-refractivity contribution in [2.45, 2.75) is 45.1 Å². The molecule has 234 valence electrons. The Labute approximate surface area is 271 Å². The van der Waals surface area contributed by atoms with Crippen LogP contribution < -0.4 is 10.7 Å². The van der Waals surface area contributed by atoms with Crippen molar-refractivity contribution in [1.29, 1.82) is 0 Å². The summed E-state index contributed by atoms with van der Waals surface area (Å²) in [5, 5.41) is 3.88. The lowest BCUT2D eigenvalue weighted by atomic mass is 9.86. The Morgan fingerprint density at radius 3 is 2.36 bits per heavy atom. The quantitative estimate of drug-likeness (QED) is 0.263. The molecular formula is C35H35Cl2N3O5. The van der Waals surface area contributed by atoms with Gasteiger partial charge in [0, 0.05) is 43.7 Å². The number of piperidine rings is 1. The number of carbonyl (C=O) groups is 3. The third-order valence-electron chi connectivity index (χ3n) is 8.22. The van der Waals surface area contributed by atoms with Gasteiger partial charge in [0.25, 0.3) is 5.91 Å². The molecule has 2 fully saturated rings. The molecule has 3 aromatic carbocycles. The largest absolute Gasteiger partial charge is 0.449 e. The van der Waals surface area contributed by atoms with Gasteiger partial charge in [-0.05, 0) is 67.5 Å². The maximum absolute atomic E-state index is 12.8. The Kier molecular flexibility index (Phi) is 10.6. The second-order valence-corrected chi connectivity index (χ2v) is 12.2. The van der Waals surface area contributed by atoms with Gasteiger partial charge in [0.05, 0.1) is 17.0 Å². The molecule has 8 nitrogen and oxygen atoms in total. The van der Waals surface area contributed by atoms with Gasteiger partial charge in [-0.2, -0.15) is 0 Å². The van der Waals surface area contributed by atoms with Crippen molar-refractivity contribution in [3.8, 4) is 0 Å². The van der Waals surface area contributed by atoms with E-state index in [4.69, 9.17) is 27.6 Å². The second kappa shape index (κ2) is 14.8. The van der Waals surface area contributed by atoms with E-state index in [-0.39, 0.29) is 45.5 Å². The molecular weight excluding hydrogens is 613 g/mol. The van der Waals surface area contributed by atoms with Gasteiger partial charge in [0.2, 0.25) is 11.8 Å². The first-order valence-corrected chi connectivity index (χ1v) is 15.8. The Hall–Kier alpha value is -4.14. The van der Waals surface area contributed by atoms with E-state index in [0.29, 0.717) is 32.0 Å². The van der Waals surface area contributed by atoms with E-state index in [1.54, 1.807) is 23.1 Å². The molecule has 0 unspecified atom stereocenters. The van der Waals surface area contributed by atoms with Crippen LogP contribution in [0.5, 0.6) is 0 Å². The highest BCUT2D eigenvalue weighted by atomic mass is 35.5. The van der Waals surface area contributed by atoms with Gasteiger partial charge >= 0.3 is 0 Å². The van der Waals surface area contributed by atoms with E-state index in [9.17, 15) is 19.2 Å². The van der Waals surface area contributed by atoms with Crippen molar-refractivity contribution in [2.75, 3.05) is 26.2 Å². The molecule has 1 N–H and O–H groups in total. The average molecular weight is 649 g/mol. The minimum absolute atomic E-state index is 0.143. The van der Waals surface area contributed by atoms with Gasteiger partial charge in [-0.3, -0.25) is 19.2 Å². The van der Waals surface area contributed by atoms with E-state index in [1.807, 2.05) is 48.2 Å². The topological polar surface area (TPSA) is 99.9 Å². The summed E-state index contributed by atoms with van der Waals surface area (Å²) in [5.74, 6) is -0.505. The highest BCUT2D eigenvalue weighted by Gasteiger charge is 2.27.